The van der Waals surface area contributed by atoms with Gasteiger partial charge in [-0.05, 0) is 26.8 Å². The van der Waals surface area contributed by atoms with Crippen LogP contribution in [0.4, 0.5) is 5.13 Å². The normalized spacial score (nSPS) is 10.9. The van der Waals surface area contributed by atoms with Gasteiger partial charge < -0.3 is 4.74 Å². The standard InChI is InChI=1S/C16H18N6O3S/c1-5-21(11(4)23)16-18-12(8-26-16)7-25-14(24)13-19-15-17-9(2)6-10(3)22(15)20-13/h6,8H,5,7H2,1-4H3. The van der Waals surface area contributed by atoms with Crippen LogP contribution >= 0.6 is 11.3 Å². The van der Waals surface area contributed by atoms with Gasteiger partial charge in [-0.25, -0.2) is 19.3 Å². The number of carbonyl (C=O) groups is 2. The fraction of sp³-hybridized carbons (Fsp3) is 0.375. The first-order valence-electron chi connectivity index (χ1n) is 7.99. The molecular weight excluding hydrogens is 356 g/mol. The molecule has 0 spiro atoms. The summed E-state index contributed by atoms with van der Waals surface area (Å²) in [5.74, 6) is -0.440. The predicted molar refractivity (Wildman–Crippen MR) is 95.2 cm³/mol. The Morgan fingerprint density at radius 1 is 1.27 bits per heavy atom. The highest BCUT2D eigenvalue weighted by atomic mass is 32.1. The molecule has 10 heteroatoms. The quantitative estimate of drug-likeness (QED) is 0.629. The first kappa shape index (κ1) is 17.9. The highest BCUT2D eigenvalue weighted by Gasteiger charge is 2.18. The molecule has 0 N–H and O–H groups in total. The number of ether oxygens (including phenoxy) is 1. The van der Waals surface area contributed by atoms with Crippen molar-refractivity contribution in [3.8, 4) is 0 Å². The Bertz CT molecular complexity index is 980. The van der Waals surface area contributed by atoms with Crippen LogP contribution in [-0.4, -0.2) is 43.0 Å². The van der Waals surface area contributed by atoms with Crippen LogP contribution in [0.1, 0.15) is 41.5 Å². The van der Waals surface area contributed by atoms with Gasteiger partial charge in [-0.15, -0.1) is 16.4 Å². The summed E-state index contributed by atoms with van der Waals surface area (Å²) in [7, 11) is 0. The van der Waals surface area contributed by atoms with Gasteiger partial charge in [-0.3, -0.25) is 9.69 Å². The van der Waals surface area contributed by atoms with Gasteiger partial charge >= 0.3 is 5.97 Å². The Kier molecular flexibility index (Phi) is 4.94. The van der Waals surface area contributed by atoms with Crippen LogP contribution in [-0.2, 0) is 16.1 Å². The minimum Gasteiger partial charge on any atom is -0.453 e. The van der Waals surface area contributed by atoms with E-state index in [0.29, 0.717) is 23.1 Å². The molecule has 0 radical (unpaired) electrons. The molecule has 136 valence electrons. The Labute approximate surface area is 153 Å². The van der Waals surface area contributed by atoms with E-state index in [1.807, 2.05) is 26.8 Å². The lowest BCUT2D eigenvalue weighted by molar-refractivity contribution is -0.116. The van der Waals surface area contributed by atoms with E-state index < -0.39 is 5.97 Å². The van der Waals surface area contributed by atoms with E-state index in [1.54, 1.807) is 10.3 Å². The van der Waals surface area contributed by atoms with Crippen molar-refractivity contribution in [3.05, 3.63) is 34.4 Å². The topological polar surface area (TPSA) is 103 Å². The molecule has 9 nitrogen and oxygen atoms in total. The van der Waals surface area contributed by atoms with Crippen LogP contribution in [0.3, 0.4) is 0 Å². The summed E-state index contributed by atoms with van der Waals surface area (Å²) in [6.45, 7) is 7.56. The SMILES string of the molecule is CCN(C(C)=O)c1nc(COC(=O)c2nc3nc(C)cc(C)n3n2)cs1. The lowest BCUT2D eigenvalue weighted by atomic mass is 10.4. The molecule has 1 amide bonds. The zero-order valence-electron chi connectivity index (χ0n) is 14.9. The smallest absolute Gasteiger partial charge is 0.378 e. The van der Waals surface area contributed by atoms with E-state index in [-0.39, 0.29) is 18.3 Å². The fourth-order valence-corrected chi connectivity index (χ4v) is 3.35. The molecule has 0 aliphatic heterocycles. The van der Waals surface area contributed by atoms with Gasteiger partial charge in [0.05, 0.1) is 5.69 Å². The third-order valence-corrected chi connectivity index (χ3v) is 4.53. The molecule has 3 heterocycles. The molecule has 0 unspecified atom stereocenters. The number of hydrogen-bond acceptors (Lipinski definition) is 8. The summed E-state index contributed by atoms with van der Waals surface area (Å²) < 4.78 is 6.73. The minimum atomic E-state index is -0.652. The number of hydrogen-bond donors (Lipinski definition) is 0. The number of aryl methyl sites for hydroxylation is 2. The number of aromatic nitrogens is 5. The van der Waals surface area contributed by atoms with E-state index in [4.69, 9.17) is 4.74 Å². The second-order valence-corrected chi connectivity index (χ2v) is 6.48. The van der Waals surface area contributed by atoms with E-state index in [9.17, 15) is 9.59 Å². The molecule has 0 fully saturated rings. The van der Waals surface area contributed by atoms with Crippen LogP contribution in [0.15, 0.2) is 11.4 Å². The molecule has 3 aromatic rings. The number of anilines is 1. The van der Waals surface area contributed by atoms with Crippen molar-refractivity contribution < 1.29 is 14.3 Å². The highest BCUT2D eigenvalue weighted by molar-refractivity contribution is 7.14. The van der Waals surface area contributed by atoms with Crippen LogP contribution < -0.4 is 4.90 Å². The van der Waals surface area contributed by atoms with Gasteiger partial charge in [0.2, 0.25) is 5.91 Å². The molecule has 0 aliphatic rings. The van der Waals surface area contributed by atoms with Crippen molar-refractivity contribution in [1.29, 1.82) is 0 Å². The highest BCUT2D eigenvalue weighted by Crippen LogP contribution is 2.21. The Hall–Kier alpha value is -2.88. The molecule has 0 bridgehead atoms. The third kappa shape index (κ3) is 3.54. The molecule has 3 rings (SSSR count). The van der Waals surface area contributed by atoms with Crippen molar-refractivity contribution >= 4 is 34.1 Å². The van der Waals surface area contributed by atoms with Gasteiger partial charge in [-0.1, -0.05) is 0 Å². The van der Waals surface area contributed by atoms with Gasteiger partial charge in [0.25, 0.3) is 11.6 Å². The van der Waals surface area contributed by atoms with Gasteiger partial charge in [0, 0.05) is 30.2 Å². The summed E-state index contributed by atoms with van der Waals surface area (Å²) >= 11 is 1.32. The zero-order valence-corrected chi connectivity index (χ0v) is 15.7. The first-order valence-corrected chi connectivity index (χ1v) is 8.87. The Morgan fingerprint density at radius 2 is 2.04 bits per heavy atom. The summed E-state index contributed by atoms with van der Waals surface area (Å²) in [5, 5.41) is 6.46. The lowest BCUT2D eigenvalue weighted by Crippen LogP contribution is -2.27. The van der Waals surface area contributed by atoms with E-state index >= 15 is 0 Å². The Morgan fingerprint density at radius 3 is 2.73 bits per heavy atom. The second-order valence-electron chi connectivity index (χ2n) is 5.65. The maximum Gasteiger partial charge on any atom is 0.378 e. The van der Waals surface area contributed by atoms with Crippen molar-refractivity contribution in [2.24, 2.45) is 0 Å². The molecular formula is C16H18N6O3S. The number of fused-ring (bicyclic) bond motifs is 1. The largest absolute Gasteiger partial charge is 0.453 e. The van der Waals surface area contributed by atoms with E-state index in [0.717, 1.165) is 11.4 Å². The van der Waals surface area contributed by atoms with E-state index in [1.165, 1.54) is 22.8 Å². The summed E-state index contributed by atoms with van der Waals surface area (Å²) in [4.78, 5) is 38.0. The second kappa shape index (κ2) is 7.16. The fourth-order valence-electron chi connectivity index (χ4n) is 2.44. The molecule has 0 saturated carbocycles. The summed E-state index contributed by atoms with van der Waals surface area (Å²) in [5.41, 5.74) is 2.18. The van der Waals surface area contributed by atoms with Gasteiger partial charge in [0.15, 0.2) is 5.13 Å². The number of rotatable bonds is 5. The molecule has 0 aliphatic carbocycles. The lowest BCUT2D eigenvalue weighted by Gasteiger charge is -2.14. The minimum absolute atomic E-state index is 0.0220. The molecule has 0 atom stereocenters. The van der Waals surface area contributed by atoms with Crippen LogP contribution in [0.2, 0.25) is 0 Å². The first-order chi connectivity index (χ1) is 12.4. The van der Waals surface area contributed by atoms with Crippen LogP contribution in [0.25, 0.3) is 5.78 Å². The monoisotopic (exact) mass is 374 g/mol. The van der Waals surface area contributed by atoms with Gasteiger partial charge in [-0.2, -0.15) is 4.98 Å². The molecule has 3 aromatic heterocycles. The average Bonchev–Trinajstić information content (AvgIpc) is 3.20. The van der Waals surface area contributed by atoms with Crippen LogP contribution in [0, 0.1) is 13.8 Å². The van der Waals surface area contributed by atoms with Crippen molar-refractivity contribution in [2.75, 3.05) is 11.4 Å². The molecule has 0 aromatic carbocycles. The van der Waals surface area contributed by atoms with Crippen molar-refractivity contribution in [1.82, 2.24) is 24.6 Å². The third-order valence-electron chi connectivity index (χ3n) is 3.62. The number of esters is 1. The number of carbonyl (C=O) groups excluding carboxylic acids is 2. The van der Waals surface area contributed by atoms with Crippen LogP contribution in [0.5, 0.6) is 0 Å². The van der Waals surface area contributed by atoms with E-state index in [2.05, 4.69) is 20.1 Å². The zero-order chi connectivity index (χ0) is 18.8. The van der Waals surface area contributed by atoms with Crippen molar-refractivity contribution in [2.45, 2.75) is 34.3 Å². The summed E-state index contributed by atoms with van der Waals surface area (Å²) in [6, 6.07) is 1.85. The van der Waals surface area contributed by atoms with Gasteiger partial charge in [0.1, 0.15) is 6.61 Å². The average molecular weight is 374 g/mol. The summed E-state index contributed by atoms with van der Waals surface area (Å²) in [6.07, 6.45) is 0. The maximum atomic E-state index is 12.2. The molecule has 0 saturated heterocycles. The predicted octanol–water partition coefficient (Wildman–Crippen LogP) is 1.93. The Balaban J connectivity index is 1.70. The van der Waals surface area contributed by atoms with Crippen molar-refractivity contribution in [3.63, 3.8) is 0 Å². The number of amides is 1. The number of nitrogens with zero attached hydrogens (tertiary/aromatic N) is 6. The molecule has 26 heavy (non-hydrogen) atoms. The number of thiazole rings is 1. The maximum absolute atomic E-state index is 12.2.